The molecule has 0 aliphatic heterocycles. The van der Waals surface area contributed by atoms with Gasteiger partial charge in [-0.1, -0.05) is 0 Å². The monoisotopic (exact) mass is 264 g/mol. The van der Waals surface area contributed by atoms with Gasteiger partial charge in [-0.05, 0) is 40.2 Å². The smallest absolute Gasteiger partial charge is 0.143 e. The Balaban J connectivity index is 2.28. The van der Waals surface area contributed by atoms with E-state index in [1.54, 1.807) is 30.6 Å². The molecule has 2 rings (SSSR count). The van der Waals surface area contributed by atoms with Crippen molar-refractivity contribution < 1.29 is 4.74 Å². The third-order valence-electron chi connectivity index (χ3n) is 1.83. The predicted octanol–water partition coefficient (Wildman–Crippen LogP) is 3.22. The van der Waals surface area contributed by atoms with E-state index in [4.69, 9.17) is 10.5 Å². The second-order valence-corrected chi connectivity index (χ2v) is 3.83. The summed E-state index contributed by atoms with van der Waals surface area (Å²) in [7, 11) is 0. The number of nitrogens with zero attached hydrogens (tertiary/aromatic N) is 1. The molecule has 2 N–H and O–H groups in total. The molecule has 0 saturated carbocycles. The summed E-state index contributed by atoms with van der Waals surface area (Å²) in [5, 5.41) is 0. The lowest BCUT2D eigenvalue weighted by Gasteiger charge is -2.07. The van der Waals surface area contributed by atoms with E-state index in [-0.39, 0.29) is 0 Å². The molecule has 0 unspecified atom stereocenters. The second-order valence-electron chi connectivity index (χ2n) is 2.97. The average Bonchev–Trinajstić information content (AvgIpc) is 2.25. The average molecular weight is 265 g/mol. The van der Waals surface area contributed by atoms with Crippen LogP contribution < -0.4 is 10.5 Å². The highest BCUT2D eigenvalue weighted by Crippen LogP contribution is 2.30. The molecule has 1 aromatic heterocycles. The zero-order valence-electron chi connectivity index (χ0n) is 7.85. The van der Waals surface area contributed by atoms with E-state index in [0.29, 0.717) is 11.4 Å². The molecule has 0 aliphatic carbocycles. The summed E-state index contributed by atoms with van der Waals surface area (Å²) in [5.41, 5.74) is 6.34. The number of hydrogen-bond acceptors (Lipinski definition) is 3. The second kappa shape index (κ2) is 4.31. The number of ether oxygens (including phenoxy) is 1. The number of pyridine rings is 1. The molecular weight excluding hydrogens is 256 g/mol. The summed E-state index contributed by atoms with van der Waals surface area (Å²) in [6, 6.07) is 9.01. The van der Waals surface area contributed by atoms with Crippen LogP contribution in [-0.4, -0.2) is 4.98 Å². The molecule has 2 aromatic rings. The standard InChI is InChI=1S/C11H9BrN2O/c12-10-2-1-8(13)7-11(10)15-9-3-5-14-6-4-9/h1-7H,13H2. The summed E-state index contributed by atoms with van der Waals surface area (Å²) in [6.07, 6.45) is 3.35. The summed E-state index contributed by atoms with van der Waals surface area (Å²) in [6.45, 7) is 0. The third kappa shape index (κ3) is 2.47. The lowest BCUT2D eigenvalue weighted by molar-refractivity contribution is 0.479. The van der Waals surface area contributed by atoms with Gasteiger partial charge in [0.1, 0.15) is 11.5 Å². The van der Waals surface area contributed by atoms with Crippen LogP contribution in [0.1, 0.15) is 0 Å². The Morgan fingerprint density at radius 1 is 1.13 bits per heavy atom. The van der Waals surface area contributed by atoms with Gasteiger partial charge in [-0.25, -0.2) is 0 Å². The van der Waals surface area contributed by atoms with E-state index in [1.807, 2.05) is 12.1 Å². The number of benzene rings is 1. The van der Waals surface area contributed by atoms with Gasteiger partial charge < -0.3 is 10.5 Å². The Kier molecular flexibility index (Phi) is 2.87. The van der Waals surface area contributed by atoms with Crippen LogP contribution in [0.4, 0.5) is 5.69 Å². The fraction of sp³-hybridized carbons (Fsp3) is 0. The maximum Gasteiger partial charge on any atom is 0.143 e. The van der Waals surface area contributed by atoms with Crippen molar-refractivity contribution in [2.75, 3.05) is 5.73 Å². The van der Waals surface area contributed by atoms with Crippen molar-refractivity contribution in [3.05, 3.63) is 47.2 Å². The van der Waals surface area contributed by atoms with E-state index in [2.05, 4.69) is 20.9 Å². The van der Waals surface area contributed by atoms with Crippen molar-refractivity contribution in [3.63, 3.8) is 0 Å². The third-order valence-corrected chi connectivity index (χ3v) is 2.49. The fourth-order valence-electron chi connectivity index (χ4n) is 1.13. The number of anilines is 1. The number of rotatable bonds is 2. The SMILES string of the molecule is Nc1ccc(Br)c(Oc2ccncc2)c1. The van der Waals surface area contributed by atoms with Gasteiger partial charge in [-0.3, -0.25) is 4.98 Å². The van der Waals surface area contributed by atoms with E-state index < -0.39 is 0 Å². The molecule has 0 spiro atoms. The van der Waals surface area contributed by atoms with Gasteiger partial charge in [0.15, 0.2) is 0 Å². The Morgan fingerprint density at radius 3 is 2.60 bits per heavy atom. The van der Waals surface area contributed by atoms with Crippen LogP contribution in [0.25, 0.3) is 0 Å². The molecule has 76 valence electrons. The van der Waals surface area contributed by atoms with Crippen LogP contribution in [0, 0.1) is 0 Å². The molecule has 0 atom stereocenters. The first kappa shape index (κ1) is 9.98. The zero-order valence-corrected chi connectivity index (χ0v) is 9.44. The van der Waals surface area contributed by atoms with Crippen molar-refractivity contribution >= 4 is 21.6 Å². The molecule has 0 aliphatic rings. The normalized spacial score (nSPS) is 9.93. The van der Waals surface area contributed by atoms with Crippen LogP contribution in [0.5, 0.6) is 11.5 Å². The van der Waals surface area contributed by atoms with Crippen LogP contribution >= 0.6 is 15.9 Å². The van der Waals surface area contributed by atoms with Crippen molar-refractivity contribution in [2.45, 2.75) is 0 Å². The van der Waals surface area contributed by atoms with Gasteiger partial charge in [-0.2, -0.15) is 0 Å². The number of halogens is 1. The minimum absolute atomic E-state index is 0.669. The van der Waals surface area contributed by atoms with Crippen molar-refractivity contribution in [1.82, 2.24) is 4.98 Å². The van der Waals surface area contributed by atoms with E-state index in [9.17, 15) is 0 Å². The van der Waals surface area contributed by atoms with Gasteiger partial charge in [-0.15, -0.1) is 0 Å². The van der Waals surface area contributed by atoms with E-state index in [1.165, 1.54) is 0 Å². The van der Waals surface area contributed by atoms with Crippen molar-refractivity contribution in [1.29, 1.82) is 0 Å². The Hall–Kier alpha value is -1.55. The van der Waals surface area contributed by atoms with Crippen molar-refractivity contribution in [3.8, 4) is 11.5 Å². The van der Waals surface area contributed by atoms with Gasteiger partial charge in [0.2, 0.25) is 0 Å². The molecule has 0 amide bonds. The van der Waals surface area contributed by atoms with Gasteiger partial charge >= 0.3 is 0 Å². The number of hydrogen-bond donors (Lipinski definition) is 1. The molecule has 0 saturated heterocycles. The Bertz CT molecular complexity index is 459. The van der Waals surface area contributed by atoms with Gasteiger partial charge in [0, 0.05) is 24.1 Å². The fourth-order valence-corrected chi connectivity index (χ4v) is 1.46. The number of nitrogens with two attached hydrogens (primary N) is 1. The Morgan fingerprint density at radius 2 is 1.87 bits per heavy atom. The van der Waals surface area contributed by atoms with Crippen LogP contribution in [0.2, 0.25) is 0 Å². The maximum atomic E-state index is 5.67. The first-order chi connectivity index (χ1) is 7.25. The summed E-state index contributed by atoms with van der Waals surface area (Å²) in [4.78, 5) is 3.91. The topological polar surface area (TPSA) is 48.1 Å². The number of nitrogen functional groups attached to an aromatic ring is 1. The molecule has 1 aromatic carbocycles. The van der Waals surface area contributed by atoms with Gasteiger partial charge in [0.25, 0.3) is 0 Å². The lowest BCUT2D eigenvalue weighted by Crippen LogP contribution is -1.89. The molecule has 1 heterocycles. The van der Waals surface area contributed by atoms with E-state index >= 15 is 0 Å². The summed E-state index contributed by atoms with van der Waals surface area (Å²) in [5.74, 6) is 1.43. The summed E-state index contributed by atoms with van der Waals surface area (Å²) >= 11 is 3.39. The van der Waals surface area contributed by atoms with Crippen LogP contribution in [0.3, 0.4) is 0 Å². The molecule has 4 heteroatoms. The maximum absolute atomic E-state index is 5.67. The first-order valence-corrected chi connectivity index (χ1v) is 5.18. The molecule has 15 heavy (non-hydrogen) atoms. The van der Waals surface area contributed by atoms with Crippen molar-refractivity contribution in [2.24, 2.45) is 0 Å². The lowest BCUT2D eigenvalue weighted by atomic mass is 10.3. The first-order valence-electron chi connectivity index (χ1n) is 4.38. The largest absolute Gasteiger partial charge is 0.456 e. The molecule has 0 bridgehead atoms. The Labute approximate surface area is 96.0 Å². The van der Waals surface area contributed by atoms with Gasteiger partial charge in [0.05, 0.1) is 4.47 Å². The molecule has 3 nitrogen and oxygen atoms in total. The number of aromatic nitrogens is 1. The highest BCUT2D eigenvalue weighted by atomic mass is 79.9. The quantitative estimate of drug-likeness (QED) is 0.848. The minimum atomic E-state index is 0.669. The molecule has 0 fully saturated rings. The predicted molar refractivity (Wildman–Crippen MR) is 62.9 cm³/mol. The molecular formula is C11H9BrN2O. The highest BCUT2D eigenvalue weighted by Gasteiger charge is 2.02. The minimum Gasteiger partial charge on any atom is -0.456 e. The molecule has 0 radical (unpaired) electrons. The zero-order chi connectivity index (χ0) is 10.7. The van der Waals surface area contributed by atoms with E-state index in [0.717, 1.165) is 10.2 Å². The van der Waals surface area contributed by atoms with Crippen LogP contribution in [0.15, 0.2) is 47.2 Å². The summed E-state index contributed by atoms with van der Waals surface area (Å²) < 4.78 is 6.49. The van der Waals surface area contributed by atoms with Crippen LogP contribution in [-0.2, 0) is 0 Å². The highest BCUT2D eigenvalue weighted by molar-refractivity contribution is 9.10.